The van der Waals surface area contributed by atoms with Crippen LogP contribution < -0.4 is 5.32 Å². The van der Waals surface area contributed by atoms with Crippen molar-refractivity contribution < 1.29 is 9.59 Å². The highest BCUT2D eigenvalue weighted by Gasteiger charge is 2.36. The van der Waals surface area contributed by atoms with Crippen LogP contribution >= 0.6 is 11.3 Å². The quantitative estimate of drug-likeness (QED) is 0.897. The Balaban J connectivity index is 2.01. The highest BCUT2D eigenvalue weighted by molar-refractivity contribution is 7.09. The van der Waals surface area contributed by atoms with Crippen molar-refractivity contribution in [3.63, 3.8) is 0 Å². The molecule has 0 radical (unpaired) electrons. The number of likely N-dealkylation sites (tertiary alicyclic amines) is 1. The van der Waals surface area contributed by atoms with E-state index in [0.717, 1.165) is 23.5 Å². The zero-order chi connectivity index (χ0) is 17.0. The number of hydrogen-bond acceptors (Lipinski definition) is 4. The van der Waals surface area contributed by atoms with Gasteiger partial charge in [0.1, 0.15) is 6.04 Å². The smallest absolute Gasteiger partial charge is 0.318 e. The fraction of sp³-hybridized carbons (Fsp3) is 0.688. The van der Waals surface area contributed by atoms with Gasteiger partial charge in [0, 0.05) is 25.0 Å². The van der Waals surface area contributed by atoms with Crippen molar-refractivity contribution in [1.82, 2.24) is 20.1 Å². The van der Waals surface area contributed by atoms with Crippen molar-refractivity contribution in [3.05, 3.63) is 16.1 Å². The average molecular weight is 338 g/mol. The average Bonchev–Trinajstić information content (AvgIpc) is 3.16. The van der Waals surface area contributed by atoms with Crippen molar-refractivity contribution in [2.45, 2.75) is 52.6 Å². The minimum Gasteiger partial charge on any atom is -0.341 e. The summed E-state index contributed by atoms with van der Waals surface area (Å²) in [5.74, 6) is 0.0554. The number of urea groups is 1. The van der Waals surface area contributed by atoms with Crippen LogP contribution in [0.4, 0.5) is 4.79 Å². The van der Waals surface area contributed by atoms with Crippen LogP contribution in [0.1, 0.15) is 50.4 Å². The molecule has 23 heavy (non-hydrogen) atoms. The zero-order valence-corrected chi connectivity index (χ0v) is 15.2. The molecule has 1 N–H and O–H groups in total. The number of aryl methyl sites for hydroxylation is 1. The van der Waals surface area contributed by atoms with Gasteiger partial charge >= 0.3 is 6.03 Å². The first-order chi connectivity index (χ1) is 11.0. The van der Waals surface area contributed by atoms with Crippen molar-refractivity contribution in [2.24, 2.45) is 0 Å². The first-order valence-corrected chi connectivity index (χ1v) is 9.13. The van der Waals surface area contributed by atoms with Gasteiger partial charge in [0.05, 0.1) is 16.7 Å². The number of amides is 3. The van der Waals surface area contributed by atoms with E-state index in [4.69, 9.17) is 0 Å². The second-order valence-electron chi connectivity index (χ2n) is 5.82. The molecular weight excluding hydrogens is 312 g/mol. The van der Waals surface area contributed by atoms with E-state index in [2.05, 4.69) is 10.3 Å². The lowest BCUT2D eigenvalue weighted by Crippen LogP contribution is -2.51. The summed E-state index contributed by atoms with van der Waals surface area (Å²) < 4.78 is 0. The Labute approximate surface area is 141 Å². The molecule has 1 aliphatic heterocycles. The maximum absolute atomic E-state index is 12.6. The van der Waals surface area contributed by atoms with Gasteiger partial charge in [0.15, 0.2) is 0 Å². The summed E-state index contributed by atoms with van der Waals surface area (Å²) >= 11 is 1.57. The first-order valence-electron chi connectivity index (χ1n) is 8.25. The molecule has 1 fully saturated rings. The van der Waals surface area contributed by atoms with Gasteiger partial charge in [0.2, 0.25) is 5.91 Å². The highest BCUT2D eigenvalue weighted by atomic mass is 32.1. The number of carbonyl (C=O) groups excluding carboxylic acids is 2. The third-order valence-electron chi connectivity index (χ3n) is 4.29. The molecule has 1 aromatic heterocycles. The van der Waals surface area contributed by atoms with Gasteiger partial charge in [0.25, 0.3) is 0 Å². The second kappa shape index (κ2) is 7.77. The summed E-state index contributed by atoms with van der Waals surface area (Å²) in [4.78, 5) is 33.0. The molecule has 1 saturated heterocycles. The van der Waals surface area contributed by atoms with Gasteiger partial charge in [-0.05, 0) is 40.5 Å². The molecule has 0 spiro atoms. The largest absolute Gasteiger partial charge is 0.341 e. The molecule has 128 valence electrons. The predicted molar refractivity (Wildman–Crippen MR) is 91.5 cm³/mol. The number of nitrogens with one attached hydrogen (secondary N) is 1. The topological polar surface area (TPSA) is 65.5 Å². The lowest BCUT2D eigenvalue weighted by Gasteiger charge is -2.29. The summed E-state index contributed by atoms with van der Waals surface area (Å²) in [6, 6.07) is -0.664. The molecule has 0 unspecified atom stereocenters. The minimum absolute atomic E-state index is 0.0554. The molecule has 3 amide bonds. The third kappa shape index (κ3) is 4.02. The van der Waals surface area contributed by atoms with Crippen LogP contribution in [0.3, 0.4) is 0 Å². The number of aromatic nitrogens is 1. The molecule has 0 saturated carbocycles. The fourth-order valence-electron chi connectivity index (χ4n) is 2.93. The number of hydrogen-bond donors (Lipinski definition) is 1. The van der Waals surface area contributed by atoms with Gasteiger partial charge in [-0.1, -0.05) is 0 Å². The summed E-state index contributed by atoms with van der Waals surface area (Å²) in [7, 11) is 0. The molecule has 2 heterocycles. The fourth-order valence-corrected chi connectivity index (χ4v) is 3.64. The summed E-state index contributed by atoms with van der Waals surface area (Å²) in [5.41, 5.74) is 0.867. The second-order valence-corrected chi connectivity index (χ2v) is 6.89. The van der Waals surface area contributed by atoms with Gasteiger partial charge in [-0.2, -0.15) is 0 Å². The molecule has 1 aliphatic rings. The Morgan fingerprint density at radius 3 is 2.74 bits per heavy atom. The number of rotatable bonds is 5. The summed E-state index contributed by atoms with van der Waals surface area (Å²) in [5, 5.41) is 5.92. The first kappa shape index (κ1) is 17.7. The molecule has 0 aliphatic carbocycles. The third-order valence-corrected chi connectivity index (χ3v) is 5.09. The number of carbonyl (C=O) groups is 2. The van der Waals surface area contributed by atoms with E-state index in [1.807, 2.05) is 33.1 Å². The Kier molecular flexibility index (Phi) is 5.98. The molecule has 2 atom stereocenters. The highest BCUT2D eigenvalue weighted by Crippen LogP contribution is 2.21. The summed E-state index contributed by atoms with van der Waals surface area (Å²) in [6.45, 7) is 9.78. The van der Waals surface area contributed by atoms with Crippen molar-refractivity contribution in [3.8, 4) is 0 Å². The van der Waals surface area contributed by atoms with Crippen LogP contribution in [0.15, 0.2) is 5.38 Å². The number of likely N-dealkylation sites (N-methyl/N-ethyl adjacent to an activating group) is 1. The predicted octanol–water partition coefficient (Wildman–Crippen LogP) is 2.55. The summed E-state index contributed by atoms with van der Waals surface area (Å²) in [6.07, 6.45) is 1.61. The van der Waals surface area contributed by atoms with Crippen molar-refractivity contribution in [2.75, 3.05) is 19.6 Å². The van der Waals surface area contributed by atoms with Gasteiger partial charge < -0.3 is 15.1 Å². The monoisotopic (exact) mass is 338 g/mol. The molecule has 2 rings (SSSR count). The van der Waals surface area contributed by atoms with Crippen LogP contribution in [0.2, 0.25) is 0 Å². The van der Waals surface area contributed by atoms with E-state index in [0.29, 0.717) is 19.6 Å². The lowest BCUT2D eigenvalue weighted by molar-refractivity contribution is -0.134. The van der Waals surface area contributed by atoms with E-state index < -0.39 is 0 Å². The molecular formula is C16H26N4O2S. The molecule has 7 heteroatoms. The Morgan fingerprint density at radius 2 is 2.17 bits per heavy atom. The minimum atomic E-state index is -0.334. The van der Waals surface area contributed by atoms with E-state index in [1.54, 1.807) is 21.1 Å². The lowest BCUT2D eigenvalue weighted by atomic mass is 10.2. The van der Waals surface area contributed by atoms with Crippen molar-refractivity contribution in [1.29, 1.82) is 0 Å². The van der Waals surface area contributed by atoms with E-state index in [9.17, 15) is 9.59 Å². The Morgan fingerprint density at radius 1 is 1.48 bits per heavy atom. The molecule has 1 aromatic rings. The van der Waals surface area contributed by atoms with Crippen molar-refractivity contribution >= 4 is 23.3 Å². The van der Waals surface area contributed by atoms with Crippen LogP contribution in [-0.2, 0) is 4.79 Å². The normalized spacial score (nSPS) is 18.8. The molecule has 0 aromatic carbocycles. The maximum atomic E-state index is 12.6. The van der Waals surface area contributed by atoms with Crippen LogP contribution in [0.25, 0.3) is 0 Å². The zero-order valence-electron chi connectivity index (χ0n) is 14.3. The van der Waals surface area contributed by atoms with Crippen LogP contribution in [0, 0.1) is 6.92 Å². The van der Waals surface area contributed by atoms with Gasteiger partial charge in [-0.3, -0.25) is 4.79 Å². The van der Waals surface area contributed by atoms with Crippen LogP contribution in [0.5, 0.6) is 0 Å². The van der Waals surface area contributed by atoms with E-state index >= 15 is 0 Å². The van der Waals surface area contributed by atoms with E-state index in [1.165, 1.54) is 0 Å². The van der Waals surface area contributed by atoms with Gasteiger partial charge in [-0.15, -0.1) is 11.3 Å². The standard InChI is InChI=1S/C16H26N4O2S/c1-5-19(6-2)15(21)14-8-7-9-20(14)16(22)17-11(3)13-10-23-12(4)18-13/h10-11,14H,5-9H2,1-4H3,(H,17,22)/t11-,14+/m0/s1. The molecule has 6 nitrogen and oxygen atoms in total. The SMILES string of the molecule is CCN(CC)C(=O)[C@H]1CCCN1C(=O)N[C@@H](C)c1csc(C)n1. The van der Waals surface area contributed by atoms with Gasteiger partial charge in [-0.25, -0.2) is 9.78 Å². The van der Waals surface area contributed by atoms with E-state index in [-0.39, 0.29) is 24.0 Å². The Bertz CT molecular complexity index is 556. The number of nitrogens with zero attached hydrogens (tertiary/aromatic N) is 3. The molecule has 0 bridgehead atoms. The Hall–Kier alpha value is -1.63. The van der Waals surface area contributed by atoms with Crippen LogP contribution in [-0.4, -0.2) is 52.4 Å². The number of thiazole rings is 1. The maximum Gasteiger partial charge on any atom is 0.318 e.